The number of H-pyrrole nitrogens is 1. The van der Waals surface area contributed by atoms with Crippen molar-refractivity contribution in [2.24, 2.45) is 0 Å². The molecule has 7 heteroatoms. The molecule has 2 rings (SSSR count). The summed E-state index contributed by atoms with van der Waals surface area (Å²) in [6, 6.07) is 8.76. The summed E-state index contributed by atoms with van der Waals surface area (Å²) >= 11 is 1.37. The Morgan fingerprint density at radius 1 is 1.29 bits per heavy atom. The fraction of sp³-hybridized carbons (Fsp3) is 0.286. The molecule has 0 aliphatic carbocycles. The average Bonchev–Trinajstić information content (AvgIpc) is 2.44. The highest BCUT2D eigenvalue weighted by atomic mass is 32.2. The first kappa shape index (κ1) is 15.2. The number of hydrogen-bond acceptors (Lipinski definition) is 6. The fourth-order valence-corrected chi connectivity index (χ4v) is 2.36. The first-order valence-corrected chi connectivity index (χ1v) is 7.52. The van der Waals surface area contributed by atoms with Gasteiger partial charge in [0, 0.05) is 11.8 Å². The van der Waals surface area contributed by atoms with Crippen molar-refractivity contribution in [3.8, 4) is 11.5 Å². The molecule has 0 aliphatic heterocycles. The van der Waals surface area contributed by atoms with Gasteiger partial charge in [-0.3, -0.25) is 4.79 Å². The van der Waals surface area contributed by atoms with Crippen molar-refractivity contribution in [1.29, 1.82) is 0 Å². The summed E-state index contributed by atoms with van der Waals surface area (Å²) in [4.78, 5) is 17.9. The molecule has 0 spiro atoms. The van der Waals surface area contributed by atoms with E-state index in [-0.39, 0.29) is 11.4 Å². The smallest absolute Gasteiger partial charge is 0.253 e. The van der Waals surface area contributed by atoms with Crippen LogP contribution in [0.5, 0.6) is 11.5 Å². The van der Waals surface area contributed by atoms with E-state index in [1.54, 1.807) is 0 Å². The van der Waals surface area contributed by atoms with E-state index in [9.17, 15) is 4.79 Å². The molecule has 0 atom stereocenters. The van der Waals surface area contributed by atoms with Gasteiger partial charge in [-0.05, 0) is 19.1 Å². The number of hydrogen-bond donors (Lipinski definition) is 2. The number of aromatic amines is 1. The Morgan fingerprint density at radius 3 is 2.67 bits per heavy atom. The lowest BCUT2D eigenvalue weighted by Crippen LogP contribution is -2.10. The molecule has 0 saturated carbocycles. The Hall–Kier alpha value is -2.15. The van der Waals surface area contributed by atoms with Crippen molar-refractivity contribution in [2.75, 3.05) is 24.7 Å². The van der Waals surface area contributed by atoms with Gasteiger partial charge in [-0.25, -0.2) is 4.98 Å². The molecule has 21 heavy (non-hydrogen) atoms. The summed E-state index contributed by atoms with van der Waals surface area (Å²) in [5, 5.41) is 0.488. The van der Waals surface area contributed by atoms with Crippen molar-refractivity contribution in [3.05, 3.63) is 40.7 Å². The zero-order valence-electron chi connectivity index (χ0n) is 11.7. The van der Waals surface area contributed by atoms with Crippen LogP contribution < -0.4 is 20.8 Å². The molecular weight excluding hydrogens is 290 g/mol. The Balaban J connectivity index is 1.86. The number of anilines is 1. The standard InChI is InChI=1S/C14H17N3O3S/c1-2-19-10-5-3-4-6-11(10)20-7-8-21-14-16-12(15)9-13(18)17-14/h3-6,9H,2,7-8H2,1H3,(H3,15,16,17,18). The van der Waals surface area contributed by atoms with Gasteiger partial charge in [-0.2, -0.15) is 0 Å². The minimum absolute atomic E-state index is 0.212. The molecule has 0 radical (unpaired) electrons. The first-order valence-electron chi connectivity index (χ1n) is 6.53. The van der Waals surface area contributed by atoms with Crippen LogP contribution in [0.25, 0.3) is 0 Å². The first-order chi connectivity index (χ1) is 10.2. The molecule has 112 valence electrons. The largest absolute Gasteiger partial charge is 0.490 e. The van der Waals surface area contributed by atoms with Crippen molar-refractivity contribution in [3.63, 3.8) is 0 Å². The van der Waals surface area contributed by atoms with Crippen molar-refractivity contribution in [1.82, 2.24) is 9.97 Å². The van der Waals surface area contributed by atoms with Gasteiger partial charge in [0.15, 0.2) is 16.7 Å². The van der Waals surface area contributed by atoms with Crippen LogP contribution in [0.1, 0.15) is 6.92 Å². The monoisotopic (exact) mass is 307 g/mol. The van der Waals surface area contributed by atoms with E-state index in [1.807, 2.05) is 31.2 Å². The predicted molar refractivity (Wildman–Crippen MR) is 83.1 cm³/mol. The maximum absolute atomic E-state index is 11.2. The number of aromatic nitrogens is 2. The summed E-state index contributed by atoms with van der Waals surface area (Å²) in [5.74, 6) is 2.27. The molecule has 2 aromatic rings. The van der Waals surface area contributed by atoms with Gasteiger partial charge in [0.2, 0.25) is 0 Å². The van der Waals surface area contributed by atoms with E-state index in [0.29, 0.717) is 29.9 Å². The van der Waals surface area contributed by atoms with Gasteiger partial charge in [0.05, 0.1) is 13.2 Å². The van der Waals surface area contributed by atoms with Crippen LogP contribution in [0.2, 0.25) is 0 Å². The molecule has 0 amide bonds. The number of nitrogens with two attached hydrogens (primary N) is 1. The normalized spacial score (nSPS) is 10.3. The van der Waals surface area contributed by atoms with E-state index in [4.69, 9.17) is 15.2 Å². The quantitative estimate of drug-likeness (QED) is 0.461. The summed E-state index contributed by atoms with van der Waals surface area (Å²) in [6.45, 7) is 2.98. The minimum atomic E-state index is -0.257. The number of para-hydroxylation sites is 2. The second-order valence-corrected chi connectivity index (χ2v) is 5.14. The summed E-state index contributed by atoms with van der Waals surface area (Å²) in [6.07, 6.45) is 0. The SMILES string of the molecule is CCOc1ccccc1OCCSc1nc(N)cc(=O)[nH]1. The van der Waals surface area contributed by atoms with Crippen LogP contribution in [-0.2, 0) is 0 Å². The Labute approximate surface area is 126 Å². The zero-order chi connectivity index (χ0) is 15.1. The van der Waals surface area contributed by atoms with E-state index >= 15 is 0 Å². The van der Waals surface area contributed by atoms with Gasteiger partial charge in [0.25, 0.3) is 5.56 Å². The molecule has 0 fully saturated rings. The average molecular weight is 307 g/mol. The maximum Gasteiger partial charge on any atom is 0.253 e. The molecule has 0 aliphatic rings. The molecule has 0 unspecified atom stereocenters. The van der Waals surface area contributed by atoms with Crippen LogP contribution in [0.4, 0.5) is 5.82 Å². The lowest BCUT2D eigenvalue weighted by Gasteiger charge is -2.11. The molecule has 6 nitrogen and oxygen atoms in total. The minimum Gasteiger partial charge on any atom is -0.490 e. The highest BCUT2D eigenvalue weighted by Crippen LogP contribution is 2.26. The van der Waals surface area contributed by atoms with Gasteiger partial charge in [0.1, 0.15) is 5.82 Å². The fourth-order valence-electron chi connectivity index (χ4n) is 1.66. The van der Waals surface area contributed by atoms with Crippen LogP contribution in [0.3, 0.4) is 0 Å². The molecule has 0 saturated heterocycles. The molecular formula is C14H17N3O3S. The number of nitrogens with zero attached hydrogens (tertiary/aromatic N) is 1. The topological polar surface area (TPSA) is 90.2 Å². The highest BCUT2D eigenvalue weighted by molar-refractivity contribution is 7.99. The Morgan fingerprint density at radius 2 is 2.00 bits per heavy atom. The molecule has 0 bridgehead atoms. The number of benzene rings is 1. The number of rotatable bonds is 7. The van der Waals surface area contributed by atoms with Gasteiger partial charge in [-0.1, -0.05) is 23.9 Å². The Kier molecular flexibility index (Phi) is 5.51. The molecule has 3 N–H and O–H groups in total. The third kappa shape index (κ3) is 4.71. The predicted octanol–water partition coefficient (Wildman–Crippen LogP) is 1.92. The summed E-state index contributed by atoms with van der Waals surface area (Å²) < 4.78 is 11.2. The number of ether oxygens (including phenoxy) is 2. The van der Waals surface area contributed by atoms with Crippen molar-refractivity contribution < 1.29 is 9.47 Å². The molecule has 1 heterocycles. The third-order valence-corrected chi connectivity index (χ3v) is 3.31. The highest BCUT2D eigenvalue weighted by Gasteiger charge is 2.04. The number of nitrogens with one attached hydrogen (secondary N) is 1. The Bertz CT molecular complexity index is 645. The lowest BCUT2D eigenvalue weighted by molar-refractivity contribution is 0.289. The summed E-state index contributed by atoms with van der Waals surface area (Å²) in [5.41, 5.74) is 5.26. The number of nitrogen functional groups attached to an aromatic ring is 1. The van der Waals surface area contributed by atoms with Crippen LogP contribution in [0.15, 0.2) is 40.3 Å². The van der Waals surface area contributed by atoms with Crippen LogP contribution in [-0.4, -0.2) is 28.9 Å². The third-order valence-electron chi connectivity index (χ3n) is 2.47. The lowest BCUT2D eigenvalue weighted by atomic mass is 10.3. The van der Waals surface area contributed by atoms with Crippen LogP contribution in [0, 0.1) is 0 Å². The van der Waals surface area contributed by atoms with Crippen LogP contribution >= 0.6 is 11.8 Å². The molecule has 1 aromatic heterocycles. The summed E-state index contributed by atoms with van der Waals surface area (Å²) in [7, 11) is 0. The second-order valence-electron chi connectivity index (χ2n) is 4.05. The van der Waals surface area contributed by atoms with Gasteiger partial charge in [-0.15, -0.1) is 0 Å². The number of thioether (sulfide) groups is 1. The van der Waals surface area contributed by atoms with Crippen molar-refractivity contribution >= 4 is 17.6 Å². The zero-order valence-corrected chi connectivity index (χ0v) is 12.5. The van der Waals surface area contributed by atoms with Gasteiger partial charge >= 0.3 is 0 Å². The van der Waals surface area contributed by atoms with E-state index in [2.05, 4.69) is 9.97 Å². The maximum atomic E-state index is 11.2. The van der Waals surface area contributed by atoms with Gasteiger partial charge < -0.3 is 20.2 Å². The van der Waals surface area contributed by atoms with E-state index < -0.39 is 0 Å². The van der Waals surface area contributed by atoms with E-state index in [1.165, 1.54) is 17.8 Å². The van der Waals surface area contributed by atoms with E-state index in [0.717, 1.165) is 5.75 Å². The van der Waals surface area contributed by atoms with Crippen molar-refractivity contribution in [2.45, 2.75) is 12.1 Å². The molecule has 1 aromatic carbocycles. The second kappa shape index (κ2) is 7.58.